The molecule has 0 saturated carbocycles. The van der Waals surface area contributed by atoms with E-state index in [1.165, 1.54) is 24.3 Å². The molecule has 0 aliphatic carbocycles. The third-order valence-electron chi connectivity index (χ3n) is 4.47. The minimum Gasteiger partial charge on any atom is -0.352 e. The number of sulfonamides is 1. The highest BCUT2D eigenvalue weighted by Crippen LogP contribution is 2.19. The van der Waals surface area contributed by atoms with Crippen molar-refractivity contribution >= 4 is 33.8 Å². The first kappa shape index (κ1) is 21.7. The number of carbonyl (C=O) groups excluding carboxylic acids is 1. The van der Waals surface area contributed by atoms with Crippen LogP contribution in [0.15, 0.2) is 47.4 Å². The largest absolute Gasteiger partial charge is 0.352 e. The summed E-state index contributed by atoms with van der Waals surface area (Å²) in [6.45, 7) is 2.02. The smallest absolute Gasteiger partial charge is 0.261 e. The van der Waals surface area contributed by atoms with Crippen LogP contribution >= 0.6 is 12.2 Å². The van der Waals surface area contributed by atoms with E-state index < -0.39 is 21.7 Å². The number of aromatic amines is 1. The molecule has 0 unspecified atom stereocenters. The summed E-state index contributed by atoms with van der Waals surface area (Å²) in [7, 11) is -2.17. The maximum atomic E-state index is 13.0. The minimum absolute atomic E-state index is 0.0722. The predicted octanol–water partition coefficient (Wildman–Crippen LogP) is 2.70. The van der Waals surface area contributed by atoms with E-state index in [0.29, 0.717) is 29.1 Å². The molecule has 0 saturated heterocycles. The lowest BCUT2D eigenvalue weighted by molar-refractivity contribution is 0.0953. The molecular weight excluding hydrogens is 429 g/mol. The Morgan fingerprint density at radius 3 is 2.57 bits per heavy atom. The van der Waals surface area contributed by atoms with Crippen molar-refractivity contribution in [3.63, 3.8) is 0 Å². The molecule has 0 radical (unpaired) electrons. The molecule has 0 bridgehead atoms. The monoisotopic (exact) mass is 449 g/mol. The number of aryl methyl sites for hydroxylation is 1. The van der Waals surface area contributed by atoms with Crippen LogP contribution in [0.3, 0.4) is 0 Å². The van der Waals surface area contributed by atoms with Crippen molar-refractivity contribution in [1.29, 1.82) is 0 Å². The summed E-state index contributed by atoms with van der Waals surface area (Å²) < 4.78 is 42.9. The Morgan fingerprint density at radius 2 is 1.93 bits per heavy atom. The highest BCUT2D eigenvalue weighted by atomic mass is 32.2. The molecular formula is C19H20FN5O3S2. The summed E-state index contributed by atoms with van der Waals surface area (Å²) in [6.07, 6.45) is 0.457. The zero-order valence-corrected chi connectivity index (χ0v) is 17.9. The highest BCUT2D eigenvalue weighted by molar-refractivity contribution is 7.92. The van der Waals surface area contributed by atoms with Gasteiger partial charge < -0.3 is 9.88 Å². The molecule has 11 heteroatoms. The van der Waals surface area contributed by atoms with Crippen molar-refractivity contribution in [3.05, 3.63) is 70.0 Å². The molecule has 1 amide bonds. The number of amides is 1. The standard InChI is InChI=1S/C19H20FN5O3S2/c1-12-3-8-15(30(27,28)24-14-6-4-13(20)5-7-14)11-16(12)18(26)21-10-9-17-22-23-19(29)25(17)2/h3-8,11,24H,9-10H2,1-2H3,(H,21,26)(H,23,29). The van der Waals surface area contributed by atoms with Gasteiger partial charge in [-0.05, 0) is 61.1 Å². The van der Waals surface area contributed by atoms with Gasteiger partial charge in [-0.15, -0.1) is 0 Å². The van der Waals surface area contributed by atoms with Crippen LogP contribution in [0, 0.1) is 17.5 Å². The van der Waals surface area contributed by atoms with E-state index in [0.717, 1.165) is 12.1 Å². The van der Waals surface area contributed by atoms with E-state index >= 15 is 0 Å². The number of halogens is 1. The topological polar surface area (TPSA) is 109 Å². The van der Waals surface area contributed by atoms with Gasteiger partial charge in [0.15, 0.2) is 4.77 Å². The van der Waals surface area contributed by atoms with Crippen molar-refractivity contribution in [3.8, 4) is 0 Å². The van der Waals surface area contributed by atoms with Gasteiger partial charge in [0.25, 0.3) is 15.9 Å². The van der Waals surface area contributed by atoms with Crippen molar-refractivity contribution in [2.45, 2.75) is 18.2 Å². The lowest BCUT2D eigenvalue weighted by Gasteiger charge is -2.12. The number of rotatable bonds is 7. The fourth-order valence-corrected chi connectivity index (χ4v) is 3.97. The van der Waals surface area contributed by atoms with Gasteiger partial charge in [0, 0.05) is 31.3 Å². The van der Waals surface area contributed by atoms with E-state index in [4.69, 9.17) is 12.2 Å². The first-order valence-electron chi connectivity index (χ1n) is 8.95. The van der Waals surface area contributed by atoms with Crippen molar-refractivity contribution < 1.29 is 17.6 Å². The lowest BCUT2D eigenvalue weighted by atomic mass is 10.1. The van der Waals surface area contributed by atoms with Crippen LogP contribution in [0.5, 0.6) is 0 Å². The Morgan fingerprint density at radius 1 is 1.23 bits per heavy atom. The molecule has 3 N–H and O–H groups in total. The van der Waals surface area contributed by atoms with E-state index in [2.05, 4.69) is 20.2 Å². The van der Waals surface area contributed by atoms with Crippen LogP contribution in [0.4, 0.5) is 10.1 Å². The Bertz CT molecular complexity index is 1230. The molecule has 3 rings (SSSR count). The quantitative estimate of drug-likeness (QED) is 0.481. The SMILES string of the molecule is Cc1ccc(S(=O)(=O)Nc2ccc(F)cc2)cc1C(=O)NCCc1n[nH]c(=S)n1C. The van der Waals surface area contributed by atoms with Crippen molar-refractivity contribution in [1.82, 2.24) is 20.1 Å². The number of hydrogen-bond donors (Lipinski definition) is 3. The fourth-order valence-electron chi connectivity index (χ4n) is 2.73. The first-order chi connectivity index (χ1) is 14.2. The Hall–Kier alpha value is -3.05. The summed E-state index contributed by atoms with van der Waals surface area (Å²) >= 11 is 5.05. The first-order valence-corrected chi connectivity index (χ1v) is 10.8. The summed E-state index contributed by atoms with van der Waals surface area (Å²) in [6, 6.07) is 9.22. The van der Waals surface area contributed by atoms with Crippen LogP contribution in [-0.4, -0.2) is 35.6 Å². The van der Waals surface area contributed by atoms with Gasteiger partial charge in [-0.3, -0.25) is 14.6 Å². The zero-order chi connectivity index (χ0) is 21.9. The number of hydrogen-bond acceptors (Lipinski definition) is 5. The Labute approximate surface area is 178 Å². The van der Waals surface area contributed by atoms with Crippen LogP contribution in [-0.2, 0) is 23.5 Å². The summed E-state index contributed by atoms with van der Waals surface area (Å²) in [5.74, 6) is -0.181. The van der Waals surface area contributed by atoms with Gasteiger partial charge in [0.2, 0.25) is 0 Å². The van der Waals surface area contributed by atoms with Crippen molar-refractivity contribution in [2.75, 3.05) is 11.3 Å². The number of carbonyl (C=O) groups is 1. The molecule has 158 valence electrons. The molecule has 0 fully saturated rings. The third kappa shape index (κ3) is 4.92. The molecule has 0 spiro atoms. The summed E-state index contributed by atoms with van der Waals surface area (Å²) in [5, 5.41) is 9.51. The normalized spacial score (nSPS) is 11.3. The average molecular weight is 450 g/mol. The number of nitrogens with zero attached hydrogens (tertiary/aromatic N) is 2. The number of anilines is 1. The molecule has 1 heterocycles. The van der Waals surface area contributed by atoms with Crippen LogP contribution in [0.1, 0.15) is 21.7 Å². The average Bonchev–Trinajstić information content (AvgIpc) is 3.02. The third-order valence-corrected chi connectivity index (χ3v) is 6.21. The summed E-state index contributed by atoms with van der Waals surface area (Å²) in [5.41, 5.74) is 1.09. The maximum Gasteiger partial charge on any atom is 0.261 e. The molecule has 0 atom stereocenters. The molecule has 8 nitrogen and oxygen atoms in total. The van der Waals surface area contributed by atoms with Crippen molar-refractivity contribution in [2.24, 2.45) is 7.05 Å². The zero-order valence-electron chi connectivity index (χ0n) is 16.3. The van der Waals surface area contributed by atoms with Gasteiger partial charge in [-0.1, -0.05) is 6.07 Å². The molecule has 0 aliphatic heterocycles. The van der Waals surface area contributed by atoms with E-state index in [9.17, 15) is 17.6 Å². The second-order valence-electron chi connectivity index (χ2n) is 6.60. The second-order valence-corrected chi connectivity index (χ2v) is 8.67. The van der Waals surface area contributed by atoms with Crippen LogP contribution in [0.2, 0.25) is 0 Å². The Balaban J connectivity index is 1.73. The maximum absolute atomic E-state index is 13.0. The number of nitrogens with one attached hydrogen (secondary N) is 3. The van der Waals surface area contributed by atoms with Gasteiger partial charge in [-0.25, -0.2) is 12.8 Å². The Kier molecular flexibility index (Phi) is 6.32. The predicted molar refractivity (Wildman–Crippen MR) is 113 cm³/mol. The minimum atomic E-state index is -3.95. The summed E-state index contributed by atoms with van der Waals surface area (Å²) in [4.78, 5) is 12.5. The molecule has 2 aromatic carbocycles. The fraction of sp³-hybridized carbons (Fsp3) is 0.211. The molecule has 0 aliphatic rings. The van der Waals surface area contributed by atoms with E-state index in [1.807, 2.05) is 0 Å². The highest BCUT2D eigenvalue weighted by Gasteiger charge is 2.18. The van der Waals surface area contributed by atoms with Gasteiger partial charge in [-0.2, -0.15) is 5.10 Å². The number of H-pyrrole nitrogens is 1. The second kappa shape index (κ2) is 8.76. The molecule has 30 heavy (non-hydrogen) atoms. The van der Waals surface area contributed by atoms with Gasteiger partial charge >= 0.3 is 0 Å². The van der Waals surface area contributed by atoms with E-state index in [-0.39, 0.29) is 16.1 Å². The molecule has 3 aromatic rings. The van der Waals surface area contributed by atoms with E-state index in [1.54, 1.807) is 24.6 Å². The molecule has 1 aromatic heterocycles. The number of aromatic nitrogens is 3. The van der Waals surface area contributed by atoms with Gasteiger partial charge in [0.1, 0.15) is 11.6 Å². The lowest BCUT2D eigenvalue weighted by Crippen LogP contribution is -2.27. The van der Waals surface area contributed by atoms with Crippen LogP contribution < -0.4 is 10.0 Å². The number of benzene rings is 2. The van der Waals surface area contributed by atoms with Gasteiger partial charge in [0.05, 0.1) is 4.90 Å². The van der Waals surface area contributed by atoms with Crippen LogP contribution in [0.25, 0.3) is 0 Å².